The van der Waals surface area contributed by atoms with Crippen molar-refractivity contribution in [3.05, 3.63) is 0 Å². The number of methoxy groups -OCH3 is 1. The molecule has 0 fully saturated rings. The van der Waals surface area contributed by atoms with Crippen LogP contribution in [0, 0.1) is 5.92 Å². The van der Waals surface area contributed by atoms with E-state index in [0.29, 0.717) is 0 Å². The molecule has 0 saturated heterocycles. The van der Waals surface area contributed by atoms with Gasteiger partial charge in [-0.05, 0) is 5.92 Å². The molecule has 0 aliphatic carbocycles. The summed E-state index contributed by atoms with van der Waals surface area (Å²) in [5.41, 5.74) is 0. The highest BCUT2D eigenvalue weighted by atomic mass is 19.4. The molecule has 0 aliphatic rings. The second kappa shape index (κ2) is 6.31. The fourth-order valence-corrected chi connectivity index (χ4v) is 0.941. The summed E-state index contributed by atoms with van der Waals surface area (Å²) in [5.74, 6) is -1.08. The van der Waals surface area contributed by atoms with Gasteiger partial charge in [-0.3, -0.25) is 0 Å². The van der Waals surface area contributed by atoms with E-state index in [2.05, 4.69) is 9.47 Å². The van der Waals surface area contributed by atoms with E-state index in [4.69, 9.17) is 0 Å². The van der Waals surface area contributed by atoms with Crippen molar-refractivity contribution >= 4 is 12.1 Å². The van der Waals surface area contributed by atoms with E-state index in [0.717, 1.165) is 7.11 Å². The number of alkyl halides is 3. The Morgan fingerprint density at radius 3 is 2.18 bits per heavy atom. The van der Waals surface area contributed by atoms with Crippen LogP contribution in [0.1, 0.15) is 13.8 Å². The summed E-state index contributed by atoms with van der Waals surface area (Å²) in [7, 11) is 1.11. The van der Waals surface area contributed by atoms with E-state index in [1.54, 1.807) is 13.8 Å². The molecule has 100 valence electrons. The van der Waals surface area contributed by atoms with Crippen LogP contribution in [0.4, 0.5) is 18.0 Å². The molecule has 1 atom stereocenters. The number of amides is 1. The number of hydrogen-bond acceptors (Lipinski definition) is 4. The molecule has 0 aromatic heterocycles. The first-order valence-electron chi connectivity index (χ1n) is 4.75. The van der Waals surface area contributed by atoms with Crippen molar-refractivity contribution in [2.24, 2.45) is 5.92 Å². The van der Waals surface area contributed by atoms with Gasteiger partial charge in [0.05, 0.1) is 7.11 Å². The fourth-order valence-electron chi connectivity index (χ4n) is 0.941. The first kappa shape index (κ1) is 15.5. The molecule has 17 heavy (non-hydrogen) atoms. The minimum absolute atomic E-state index is 0.333. The van der Waals surface area contributed by atoms with Gasteiger partial charge in [0.15, 0.2) is 6.61 Å². The third-order valence-electron chi connectivity index (χ3n) is 1.76. The molecule has 1 N–H and O–H groups in total. The first-order chi connectivity index (χ1) is 7.67. The fraction of sp³-hybridized carbons (Fsp3) is 0.778. The van der Waals surface area contributed by atoms with Crippen LogP contribution in [-0.2, 0) is 14.3 Å². The number of hydrogen-bond donors (Lipinski definition) is 1. The predicted octanol–water partition coefficient (Wildman–Crippen LogP) is 1.47. The Bertz CT molecular complexity index is 278. The minimum Gasteiger partial charge on any atom is -0.467 e. The van der Waals surface area contributed by atoms with Gasteiger partial charge in [-0.15, -0.1) is 0 Å². The molecule has 8 heteroatoms. The number of esters is 1. The van der Waals surface area contributed by atoms with E-state index in [1.807, 2.05) is 5.32 Å². The lowest BCUT2D eigenvalue weighted by Crippen LogP contribution is -2.45. The molecular weight excluding hydrogens is 243 g/mol. The van der Waals surface area contributed by atoms with E-state index < -0.39 is 30.9 Å². The van der Waals surface area contributed by atoms with Crippen LogP contribution < -0.4 is 5.32 Å². The molecule has 0 unspecified atom stereocenters. The Balaban J connectivity index is 4.28. The van der Waals surface area contributed by atoms with Gasteiger partial charge in [-0.2, -0.15) is 13.2 Å². The third-order valence-corrected chi connectivity index (χ3v) is 1.76. The lowest BCUT2D eigenvalue weighted by Gasteiger charge is -2.19. The van der Waals surface area contributed by atoms with Crippen molar-refractivity contribution in [1.29, 1.82) is 0 Å². The average molecular weight is 257 g/mol. The zero-order chi connectivity index (χ0) is 13.6. The Kier molecular flexibility index (Phi) is 5.77. The van der Waals surface area contributed by atoms with Crippen molar-refractivity contribution in [3.63, 3.8) is 0 Å². The van der Waals surface area contributed by atoms with Gasteiger partial charge in [0.2, 0.25) is 0 Å². The zero-order valence-electron chi connectivity index (χ0n) is 9.63. The van der Waals surface area contributed by atoms with E-state index in [1.165, 1.54) is 0 Å². The van der Waals surface area contributed by atoms with Crippen molar-refractivity contribution in [1.82, 2.24) is 5.32 Å². The second-order valence-corrected chi connectivity index (χ2v) is 3.58. The molecule has 0 radical (unpaired) electrons. The number of rotatable bonds is 4. The molecule has 1 amide bonds. The average Bonchev–Trinajstić information content (AvgIpc) is 2.20. The Morgan fingerprint density at radius 1 is 1.29 bits per heavy atom. The maximum absolute atomic E-state index is 11.7. The quantitative estimate of drug-likeness (QED) is 0.774. The Hall–Kier alpha value is -1.47. The third kappa shape index (κ3) is 6.64. The molecule has 0 aromatic carbocycles. The van der Waals surface area contributed by atoms with Crippen LogP contribution in [0.15, 0.2) is 0 Å². The monoisotopic (exact) mass is 257 g/mol. The summed E-state index contributed by atoms with van der Waals surface area (Å²) < 4.78 is 43.5. The summed E-state index contributed by atoms with van der Waals surface area (Å²) in [6, 6.07) is -1.04. The molecule has 0 heterocycles. The first-order valence-corrected chi connectivity index (χ1v) is 4.75. The smallest absolute Gasteiger partial charge is 0.422 e. The van der Waals surface area contributed by atoms with Crippen LogP contribution in [0.2, 0.25) is 0 Å². The van der Waals surface area contributed by atoms with Gasteiger partial charge in [0.1, 0.15) is 6.04 Å². The van der Waals surface area contributed by atoms with Gasteiger partial charge in [0, 0.05) is 0 Å². The van der Waals surface area contributed by atoms with Crippen molar-refractivity contribution < 1.29 is 32.2 Å². The summed E-state index contributed by atoms with van der Waals surface area (Å²) in [6.07, 6.45) is -5.91. The highest BCUT2D eigenvalue weighted by Gasteiger charge is 2.31. The maximum atomic E-state index is 11.7. The largest absolute Gasteiger partial charge is 0.467 e. The molecule has 0 rings (SSSR count). The van der Waals surface area contributed by atoms with Crippen molar-refractivity contribution in [2.75, 3.05) is 13.7 Å². The van der Waals surface area contributed by atoms with E-state index >= 15 is 0 Å². The molecule has 0 spiro atoms. The Labute approximate surface area is 96.3 Å². The molecule has 0 bridgehead atoms. The summed E-state index contributed by atoms with van der Waals surface area (Å²) >= 11 is 0. The zero-order valence-corrected chi connectivity index (χ0v) is 9.63. The standard InChI is InChI=1S/C9H14F3NO4/c1-5(2)6(7(14)16-3)13-8(15)17-4-9(10,11)12/h5-6H,4H2,1-3H3,(H,13,15)/t6-/m0/s1. The lowest BCUT2D eigenvalue weighted by molar-refractivity contribution is -0.160. The van der Waals surface area contributed by atoms with Crippen LogP contribution in [0.25, 0.3) is 0 Å². The van der Waals surface area contributed by atoms with Crippen molar-refractivity contribution in [3.8, 4) is 0 Å². The van der Waals surface area contributed by atoms with Crippen LogP contribution >= 0.6 is 0 Å². The number of nitrogens with one attached hydrogen (secondary N) is 1. The minimum atomic E-state index is -4.60. The van der Waals surface area contributed by atoms with Crippen LogP contribution in [0.5, 0.6) is 0 Å². The lowest BCUT2D eigenvalue weighted by atomic mass is 10.1. The number of alkyl carbamates (subject to hydrolysis) is 1. The molecular formula is C9H14F3NO4. The van der Waals surface area contributed by atoms with Gasteiger partial charge in [0.25, 0.3) is 0 Å². The van der Waals surface area contributed by atoms with E-state index in [-0.39, 0.29) is 5.92 Å². The van der Waals surface area contributed by atoms with Crippen LogP contribution in [0.3, 0.4) is 0 Å². The summed E-state index contributed by atoms with van der Waals surface area (Å²) in [4.78, 5) is 22.2. The topological polar surface area (TPSA) is 64.6 Å². The van der Waals surface area contributed by atoms with Gasteiger partial charge >= 0.3 is 18.2 Å². The normalized spacial score (nSPS) is 13.1. The number of carbonyl (C=O) groups is 2. The molecule has 0 saturated carbocycles. The number of carbonyl (C=O) groups excluding carboxylic acids is 2. The van der Waals surface area contributed by atoms with Gasteiger partial charge in [-0.25, -0.2) is 9.59 Å². The second-order valence-electron chi connectivity index (χ2n) is 3.58. The summed E-state index contributed by atoms with van der Waals surface area (Å²) in [6.45, 7) is 1.50. The number of ether oxygens (including phenoxy) is 2. The highest BCUT2D eigenvalue weighted by molar-refractivity contribution is 5.81. The van der Waals surface area contributed by atoms with E-state index in [9.17, 15) is 22.8 Å². The molecule has 5 nitrogen and oxygen atoms in total. The highest BCUT2D eigenvalue weighted by Crippen LogP contribution is 2.14. The molecule has 0 aromatic rings. The SMILES string of the molecule is COC(=O)[C@@H](NC(=O)OCC(F)(F)F)C(C)C. The summed E-state index contributed by atoms with van der Waals surface area (Å²) in [5, 5.41) is 2.00. The number of halogens is 3. The van der Waals surface area contributed by atoms with Gasteiger partial charge < -0.3 is 14.8 Å². The van der Waals surface area contributed by atoms with Crippen LogP contribution in [-0.4, -0.2) is 38.0 Å². The maximum Gasteiger partial charge on any atom is 0.422 e. The Morgan fingerprint density at radius 2 is 1.82 bits per heavy atom. The predicted molar refractivity (Wildman–Crippen MR) is 51.2 cm³/mol. The van der Waals surface area contributed by atoms with Gasteiger partial charge in [-0.1, -0.05) is 13.8 Å². The van der Waals surface area contributed by atoms with Crippen molar-refractivity contribution in [2.45, 2.75) is 26.1 Å². The molecule has 0 aliphatic heterocycles.